The summed E-state index contributed by atoms with van der Waals surface area (Å²) in [6.45, 7) is 9.56. The van der Waals surface area contributed by atoms with Crippen LogP contribution >= 0.6 is 11.3 Å². The number of rotatable bonds is 11. The van der Waals surface area contributed by atoms with Crippen LogP contribution in [0.2, 0.25) is 0 Å². The van der Waals surface area contributed by atoms with Crippen LogP contribution in [-0.4, -0.2) is 49.9 Å². The number of thiophene rings is 1. The van der Waals surface area contributed by atoms with Gasteiger partial charge >= 0.3 is 5.97 Å². The number of carbonyl (C=O) groups is 3. The van der Waals surface area contributed by atoms with Gasteiger partial charge in [0.05, 0.1) is 4.88 Å². The van der Waals surface area contributed by atoms with Crippen LogP contribution < -0.4 is 15.4 Å². The predicted molar refractivity (Wildman–Crippen MR) is 185 cm³/mol. The average molecular weight is 664 g/mol. The highest BCUT2D eigenvalue weighted by molar-refractivity contribution is 7.14. The molecule has 0 saturated heterocycles. The largest absolute Gasteiger partial charge is 0.480 e. The molecule has 2 amide bonds. The van der Waals surface area contributed by atoms with Crippen LogP contribution in [-0.2, 0) is 21.4 Å². The zero-order chi connectivity index (χ0) is 34.4. The van der Waals surface area contributed by atoms with Gasteiger partial charge in [0.25, 0.3) is 5.91 Å². The number of aryl methyl sites for hydroxylation is 1. The van der Waals surface area contributed by atoms with Crippen LogP contribution in [0.4, 0.5) is 0 Å². The fraction of sp³-hybridized carbons (Fsp3) is 0.243. The maximum absolute atomic E-state index is 13.2. The summed E-state index contributed by atoms with van der Waals surface area (Å²) in [4.78, 5) is 52.7. The molecular formula is C37H37N5O5S. The Labute approximate surface area is 283 Å². The van der Waals surface area contributed by atoms with E-state index in [4.69, 9.17) is 4.74 Å². The number of benzene rings is 2. The maximum Gasteiger partial charge on any atom is 0.325 e. The summed E-state index contributed by atoms with van der Waals surface area (Å²) >= 11 is 1.37. The van der Waals surface area contributed by atoms with Gasteiger partial charge in [-0.25, -0.2) is 15.0 Å². The Balaban J connectivity index is 1.26. The minimum Gasteiger partial charge on any atom is -0.480 e. The van der Waals surface area contributed by atoms with E-state index < -0.39 is 29.9 Å². The van der Waals surface area contributed by atoms with Crippen LogP contribution in [0.5, 0.6) is 11.6 Å². The molecule has 5 rings (SSSR count). The molecule has 0 bridgehead atoms. The Bertz CT molecular complexity index is 1900. The molecule has 3 aromatic heterocycles. The summed E-state index contributed by atoms with van der Waals surface area (Å²) in [5.41, 5.74) is 4.15. The van der Waals surface area contributed by atoms with E-state index >= 15 is 0 Å². The number of ether oxygens (including phenoxy) is 1. The van der Waals surface area contributed by atoms with Gasteiger partial charge in [0.2, 0.25) is 11.8 Å². The van der Waals surface area contributed by atoms with E-state index in [-0.39, 0.29) is 11.8 Å². The minimum absolute atomic E-state index is 0.122. The lowest BCUT2D eigenvalue weighted by molar-refractivity contribution is -0.141. The fourth-order valence-electron chi connectivity index (χ4n) is 4.74. The zero-order valence-electron chi connectivity index (χ0n) is 27.4. The minimum atomic E-state index is -1.17. The number of carboxylic acids is 1. The van der Waals surface area contributed by atoms with Crippen molar-refractivity contribution in [3.8, 4) is 34.1 Å². The van der Waals surface area contributed by atoms with Crippen LogP contribution in [0.25, 0.3) is 22.5 Å². The van der Waals surface area contributed by atoms with Gasteiger partial charge in [0.1, 0.15) is 17.8 Å². The molecule has 11 heteroatoms. The predicted octanol–water partition coefficient (Wildman–Crippen LogP) is 6.60. The van der Waals surface area contributed by atoms with E-state index in [0.717, 1.165) is 38.4 Å². The number of nitrogens with zero attached hydrogens (tertiary/aromatic N) is 3. The standard InChI is InChI=1S/C37H37N5O5S/c1-22-7-6-8-28(17-22)47-32-16-13-26(19-38-32)27-20-39-33(40-21-27)25-11-9-24(10-12-25)18-29(34(43)41-23(2)36(45)46)42-35(44)30-14-15-31(48-30)37(3,4)5/h6-17,19-21,23,29H,18H2,1-5H3,(H,41,43)(H,42,44)(H,45,46)/t23-,29+/m1/s1. The SMILES string of the molecule is Cc1cccc(Oc2ccc(-c3cnc(-c4ccc(C[C@H](NC(=O)c5ccc(C(C)(C)C)s5)C(=O)N[C@H](C)C(=O)O)cc4)nc3)cn2)c1. The normalized spacial score (nSPS) is 12.5. The van der Waals surface area contributed by atoms with Crippen LogP contribution in [0.3, 0.4) is 0 Å². The monoisotopic (exact) mass is 663 g/mol. The van der Waals surface area contributed by atoms with Crippen molar-refractivity contribution in [1.82, 2.24) is 25.6 Å². The summed E-state index contributed by atoms with van der Waals surface area (Å²) in [6.07, 6.45) is 5.31. The Kier molecular flexibility index (Phi) is 10.3. The van der Waals surface area contributed by atoms with E-state index in [0.29, 0.717) is 16.6 Å². The zero-order valence-corrected chi connectivity index (χ0v) is 28.2. The van der Waals surface area contributed by atoms with E-state index in [1.54, 1.807) is 30.7 Å². The van der Waals surface area contributed by atoms with Gasteiger partial charge in [0, 0.05) is 52.6 Å². The van der Waals surface area contributed by atoms with E-state index in [1.807, 2.05) is 67.6 Å². The topological polar surface area (TPSA) is 143 Å². The molecule has 3 heterocycles. The highest BCUT2D eigenvalue weighted by Gasteiger charge is 2.26. The molecule has 0 saturated carbocycles. The first-order valence-corrected chi connectivity index (χ1v) is 16.2. The second kappa shape index (κ2) is 14.6. The lowest BCUT2D eigenvalue weighted by atomic mass is 9.95. The molecule has 2 atom stereocenters. The number of nitrogens with one attached hydrogen (secondary N) is 2. The summed E-state index contributed by atoms with van der Waals surface area (Å²) < 4.78 is 5.84. The maximum atomic E-state index is 13.2. The molecule has 2 aromatic carbocycles. The first-order chi connectivity index (χ1) is 22.9. The van der Waals surface area contributed by atoms with Gasteiger partial charge < -0.3 is 20.5 Å². The smallest absolute Gasteiger partial charge is 0.325 e. The number of hydrogen-bond acceptors (Lipinski definition) is 8. The van der Waals surface area contributed by atoms with Gasteiger partial charge in [-0.15, -0.1) is 11.3 Å². The number of aromatic nitrogens is 3. The number of carboxylic acid groups (broad SMARTS) is 1. The summed E-state index contributed by atoms with van der Waals surface area (Å²) in [7, 11) is 0. The number of hydrogen-bond donors (Lipinski definition) is 3. The molecular weight excluding hydrogens is 627 g/mol. The molecule has 0 fully saturated rings. The first-order valence-electron chi connectivity index (χ1n) is 15.4. The molecule has 0 aliphatic carbocycles. The molecule has 0 aliphatic rings. The average Bonchev–Trinajstić information content (AvgIpc) is 3.57. The Morgan fingerprint density at radius 1 is 0.854 bits per heavy atom. The molecule has 0 unspecified atom stereocenters. The molecule has 48 heavy (non-hydrogen) atoms. The molecule has 0 spiro atoms. The second-order valence-electron chi connectivity index (χ2n) is 12.5. The molecule has 0 aliphatic heterocycles. The van der Waals surface area contributed by atoms with E-state index in [1.165, 1.54) is 18.3 Å². The lowest BCUT2D eigenvalue weighted by Gasteiger charge is -2.20. The number of amides is 2. The van der Waals surface area contributed by atoms with Crippen molar-refractivity contribution in [2.24, 2.45) is 0 Å². The van der Waals surface area contributed by atoms with Crippen molar-refractivity contribution >= 4 is 29.1 Å². The van der Waals surface area contributed by atoms with Crippen molar-refractivity contribution < 1.29 is 24.2 Å². The van der Waals surface area contributed by atoms with Crippen LogP contribution in [0, 0.1) is 6.92 Å². The van der Waals surface area contributed by atoms with E-state index in [2.05, 4.69) is 46.4 Å². The Morgan fingerprint density at radius 3 is 2.15 bits per heavy atom. The van der Waals surface area contributed by atoms with Crippen molar-refractivity contribution in [1.29, 1.82) is 0 Å². The van der Waals surface area contributed by atoms with E-state index in [9.17, 15) is 19.5 Å². The summed E-state index contributed by atoms with van der Waals surface area (Å²) in [5.74, 6) is -0.428. The van der Waals surface area contributed by atoms with Crippen molar-refractivity contribution in [2.45, 2.75) is 58.5 Å². The van der Waals surface area contributed by atoms with Gasteiger partial charge in [-0.05, 0) is 60.7 Å². The van der Waals surface area contributed by atoms with Gasteiger partial charge in [-0.2, -0.15) is 0 Å². The van der Waals surface area contributed by atoms with Gasteiger partial charge in [-0.1, -0.05) is 57.2 Å². The van der Waals surface area contributed by atoms with Gasteiger partial charge in [-0.3, -0.25) is 14.4 Å². The third-order valence-corrected chi connectivity index (χ3v) is 9.02. The summed E-state index contributed by atoms with van der Waals surface area (Å²) in [5, 5.41) is 14.6. The number of carbonyl (C=O) groups excluding carboxylic acids is 2. The third-order valence-electron chi connectivity index (χ3n) is 7.51. The highest BCUT2D eigenvalue weighted by Crippen LogP contribution is 2.30. The molecule has 0 radical (unpaired) electrons. The third kappa shape index (κ3) is 8.68. The quantitative estimate of drug-likeness (QED) is 0.144. The highest BCUT2D eigenvalue weighted by atomic mass is 32.1. The lowest BCUT2D eigenvalue weighted by Crippen LogP contribution is -2.51. The number of pyridine rings is 1. The van der Waals surface area contributed by atoms with Crippen LogP contribution in [0.1, 0.15) is 53.4 Å². The Hall–Kier alpha value is -5.42. The van der Waals surface area contributed by atoms with Crippen molar-refractivity contribution in [3.05, 3.63) is 112 Å². The number of aliphatic carboxylic acids is 1. The molecule has 5 aromatic rings. The van der Waals surface area contributed by atoms with Gasteiger partial charge in [0.15, 0.2) is 5.82 Å². The van der Waals surface area contributed by atoms with Crippen molar-refractivity contribution in [2.75, 3.05) is 0 Å². The second-order valence-corrected chi connectivity index (χ2v) is 13.6. The Morgan fingerprint density at radius 2 is 1.54 bits per heavy atom. The first kappa shape index (κ1) is 33.9. The fourth-order valence-corrected chi connectivity index (χ4v) is 5.71. The van der Waals surface area contributed by atoms with Crippen molar-refractivity contribution in [3.63, 3.8) is 0 Å². The van der Waals surface area contributed by atoms with Crippen LogP contribution in [0.15, 0.2) is 91.4 Å². The molecule has 246 valence electrons. The molecule has 10 nitrogen and oxygen atoms in total. The molecule has 3 N–H and O–H groups in total. The summed E-state index contributed by atoms with van der Waals surface area (Å²) in [6, 6.07) is 20.3.